The Morgan fingerprint density at radius 3 is 2.57 bits per heavy atom. The fourth-order valence-electron chi connectivity index (χ4n) is 2.73. The van der Waals surface area contributed by atoms with Crippen LogP contribution in [0.5, 0.6) is 0 Å². The molecule has 2 saturated carbocycles. The van der Waals surface area contributed by atoms with Crippen LogP contribution in [0.1, 0.15) is 53.4 Å². The van der Waals surface area contributed by atoms with E-state index in [1.807, 2.05) is 0 Å². The van der Waals surface area contributed by atoms with Crippen LogP contribution in [0.15, 0.2) is 0 Å². The standard InChI is InChI=1S/C13H25N/c1-9(2)13(3,4)14-12-7-5-6-10-8-11(10)12/h9-12,14H,5-8H2,1-4H3/t10-,11+,12?/m0/s1. The molecule has 0 saturated heterocycles. The van der Waals surface area contributed by atoms with Crippen LogP contribution in [-0.2, 0) is 0 Å². The Kier molecular flexibility index (Phi) is 2.63. The van der Waals surface area contributed by atoms with Crippen molar-refractivity contribution in [1.82, 2.24) is 5.32 Å². The van der Waals surface area contributed by atoms with Crippen molar-refractivity contribution < 1.29 is 0 Å². The van der Waals surface area contributed by atoms with E-state index in [2.05, 4.69) is 33.0 Å². The van der Waals surface area contributed by atoms with E-state index in [9.17, 15) is 0 Å². The van der Waals surface area contributed by atoms with Gasteiger partial charge in [-0.05, 0) is 44.4 Å². The van der Waals surface area contributed by atoms with Crippen molar-refractivity contribution in [2.75, 3.05) is 0 Å². The zero-order chi connectivity index (χ0) is 10.3. The quantitative estimate of drug-likeness (QED) is 0.729. The van der Waals surface area contributed by atoms with Crippen LogP contribution < -0.4 is 5.32 Å². The first-order valence-corrected chi connectivity index (χ1v) is 6.28. The van der Waals surface area contributed by atoms with E-state index in [4.69, 9.17) is 0 Å². The summed E-state index contributed by atoms with van der Waals surface area (Å²) >= 11 is 0. The highest BCUT2D eigenvalue weighted by Gasteiger charge is 2.46. The van der Waals surface area contributed by atoms with Gasteiger partial charge in [-0.25, -0.2) is 0 Å². The molecule has 1 nitrogen and oxygen atoms in total. The minimum atomic E-state index is 0.315. The summed E-state index contributed by atoms with van der Waals surface area (Å²) in [5.74, 6) is 2.84. The average molecular weight is 195 g/mol. The second-order valence-electron chi connectivity index (χ2n) is 6.22. The van der Waals surface area contributed by atoms with Gasteiger partial charge in [0.2, 0.25) is 0 Å². The number of rotatable bonds is 3. The number of nitrogens with one attached hydrogen (secondary N) is 1. The maximum Gasteiger partial charge on any atom is 0.0150 e. The average Bonchev–Trinajstić information content (AvgIpc) is 2.82. The van der Waals surface area contributed by atoms with E-state index >= 15 is 0 Å². The lowest BCUT2D eigenvalue weighted by molar-refractivity contribution is 0.216. The SMILES string of the molecule is CC(C)C(C)(C)NC1CCC[C@H]2C[C@@H]12. The van der Waals surface area contributed by atoms with Crippen molar-refractivity contribution in [2.24, 2.45) is 17.8 Å². The van der Waals surface area contributed by atoms with Gasteiger partial charge in [0.05, 0.1) is 0 Å². The first-order chi connectivity index (χ1) is 6.50. The largest absolute Gasteiger partial charge is 0.309 e. The van der Waals surface area contributed by atoms with Gasteiger partial charge in [-0.15, -0.1) is 0 Å². The first-order valence-electron chi connectivity index (χ1n) is 6.28. The highest BCUT2D eigenvalue weighted by molar-refractivity contribution is 5.01. The lowest BCUT2D eigenvalue weighted by Crippen LogP contribution is -2.51. The number of fused-ring (bicyclic) bond motifs is 1. The molecule has 0 aromatic heterocycles. The monoisotopic (exact) mass is 195 g/mol. The van der Waals surface area contributed by atoms with E-state index < -0.39 is 0 Å². The summed E-state index contributed by atoms with van der Waals surface area (Å²) in [7, 11) is 0. The van der Waals surface area contributed by atoms with Gasteiger partial charge >= 0.3 is 0 Å². The first kappa shape index (κ1) is 10.5. The van der Waals surface area contributed by atoms with Crippen LogP contribution in [0, 0.1) is 17.8 Å². The predicted octanol–water partition coefficient (Wildman–Crippen LogP) is 3.20. The van der Waals surface area contributed by atoms with E-state index in [-0.39, 0.29) is 0 Å². The molecule has 14 heavy (non-hydrogen) atoms. The van der Waals surface area contributed by atoms with Gasteiger partial charge in [-0.1, -0.05) is 26.7 Å². The molecule has 0 aromatic rings. The van der Waals surface area contributed by atoms with Crippen LogP contribution >= 0.6 is 0 Å². The van der Waals surface area contributed by atoms with Gasteiger partial charge in [0.25, 0.3) is 0 Å². The lowest BCUT2D eigenvalue weighted by Gasteiger charge is -2.37. The summed E-state index contributed by atoms with van der Waals surface area (Å²) in [6, 6.07) is 0.825. The molecule has 1 heteroatoms. The Balaban J connectivity index is 1.90. The molecule has 2 aliphatic carbocycles. The normalized spacial score (nSPS) is 37.1. The molecule has 1 unspecified atom stereocenters. The van der Waals surface area contributed by atoms with Crippen LogP contribution in [-0.4, -0.2) is 11.6 Å². The summed E-state index contributed by atoms with van der Waals surface area (Å²) in [4.78, 5) is 0. The van der Waals surface area contributed by atoms with Crippen molar-refractivity contribution >= 4 is 0 Å². The van der Waals surface area contributed by atoms with Gasteiger partial charge in [0.1, 0.15) is 0 Å². The maximum absolute atomic E-state index is 3.89. The maximum atomic E-state index is 3.89. The van der Waals surface area contributed by atoms with Crippen LogP contribution in [0.2, 0.25) is 0 Å². The Hall–Kier alpha value is -0.0400. The fraction of sp³-hybridized carbons (Fsp3) is 1.00. The third kappa shape index (κ3) is 1.98. The molecule has 0 aromatic carbocycles. The molecule has 0 heterocycles. The van der Waals surface area contributed by atoms with Gasteiger partial charge < -0.3 is 5.32 Å². The lowest BCUT2D eigenvalue weighted by atomic mass is 9.87. The fourth-order valence-corrected chi connectivity index (χ4v) is 2.73. The Morgan fingerprint density at radius 2 is 1.93 bits per heavy atom. The summed E-state index contributed by atoms with van der Waals surface area (Å²) < 4.78 is 0. The molecule has 2 fully saturated rings. The second-order valence-corrected chi connectivity index (χ2v) is 6.22. The van der Waals surface area contributed by atoms with Crippen molar-refractivity contribution in [3.05, 3.63) is 0 Å². The van der Waals surface area contributed by atoms with E-state index in [1.165, 1.54) is 25.7 Å². The van der Waals surface area contributed by atoms with Gasteiger partial charge in [0, 0.05) is 11.6 Å². The topological polar surface area (TPSA) is 12.0 Å². The third-order valence-electron chi connectivity index (χ3n) is 4.58. The zero-order valence-electron chi connectivity index (χ0n) is 10.1. The Morgan fingerprint density at radius 1 is 1.21 bits per heavy atom. The number of hydrogen-bond donors (Lipinski definition) is 1. The van der Waals surface area contributed by atoms with Crippen LogP contribution in [0.4, 0.5) is 0 Å². The summed E-state index contributed by atoms with van der Waals surface area (Å²) in [5, 5.41) is 3.89. The summed E-state index contributed by atoms with van der Waals surface area (Å²) in [5.41, 5.74) is 0.315. The van der Waals surface area contributed by atoms with Gasteiger partial charge in [-0.2, -0.15) is 0 Å². The molecule has 0 radical (unpaired) electrons. The molecule has 82 valence electrons. The molecule has 2 aliphatic rings. The summed E-state index contributed by atoms with van der Waals surface area (Å²) in [6.45, 7) is 9.34. The molecule has 2 rings (SSSR count). The highest BCUT2D eigenvalue weighted by Crippen LogP contribution is 2.50. The Labute approximate surface area is 88.7 Å². The molecular formula is C13H25N. The molecule has 1 N–H and O–H groups in total. The molecule has 0 aliphatic heterocycles. The zero-order valence-corrected chi connectivity index (χ0v) is 10.1. The minimum Gasteiger partial charge on any atom is -0.309 e. The van der Waals surface area contributed by atoms with Gasteiger partial charge in [0.15, 0.2) is 0 Å². The van der Waals surface area contributed by atoms with Crippen LogP contribution in [0.3, 0.4) is 0 Å². The molecule has 0 spiro atoms. The second kappa shape index (κ2) is 3.52. The predicted molar refractivity (Wildman–Crippen MR) is 61.3 cm³/mol. The Bertz CT molecular complexity index is 207. The van der Waals surface area contributed by atoms with Crippen molar-refractivity contribution in [1.29, 1.82) is 0 Å². The van der Waals surface area contributed by atoms with E-state index in [0.717, 1.165) is 23.8 Å². The minimum absolute atomic E-state index is 0.315. The van der Waals surface area contributed by atoms with Crippen molar-refractivity contribution in [3.8, 4) is 0 Å². The van der Waals surface area contributed by atoms with E-state index in [1.54, 1.807) is 0 Å². The molecule has 3 atom stereocenters. The summed E-state index contributed by atoms with van der Waals surface area (Å²) in [6.07, 6.45) is 5.88. The van der Waals surface area contributed by atoms with E-state index in [0.29, 0.717) is 5.54 Å². The molecule has 0 bridgehead atoms. The number of hydrogen-bond acceptors (Lipinski definition) is 1. The molecule has 0 amide bonds. The molecular weight excluding hydrogens is 170 g/mol. The van der Waals surface area contributed by atoms with Crippen molar-refractivity contribution in [2.45, 2.75) is 65.0 Å². The smallest absolute Gasteiger partial charge is 0.0150 e. The van der Waals surface area contributed by atoms with Gasteiger partial charge in [-0.3, -0.25) is 0 Å². The third-order valence-corrected chi connectivity index (χ3v) is 4.58. The van der Waals surface area contributed by atoms with Crippen molar-refractivity contribution in [3.63, 3.8) is 0 Å². The van der Waals surface area contributed by atoms with Crippen LogP contribution in [0.25, 0.3) is 0 Å². The highest BCUT2D eigenvalue weighted by atomic mass is 15.0.